The first-order chi connectivity index (χ1) is 15.1. The van der Waals surface area contributed by atoms with Crippen molar-refractivity contribution in [2.75, 3.05) is 7.11 Å². The number of rotatable bonds is 5. The molecule has 3 rings (SSSR count). The van der Waals surface area contributed by atoms with Gasteiger partial charge in [0, 0.05) is 17.2 Å². The Kier molecular flexibility index (Phi) is 6.30. The van der Waals surface area contributed by atoms with Crippen LogP contribution < -0.4 is 20.8 Å². The highest BCUT2D eigenvalue weighted by Gasteiger charge is 2.24. The Balaban J connectivity index is 2.59. The average molecular weight is 438 g/mol. The quantitative estimate of drug-likeness (QED) is 0.410. The maximum Gasteiger partial charge on any atom is 0.224 e. The Morgan fingerprint density at radius 1 is 0.969 bits per heavy atom. The van der Waals surface area contributed by atoms with Crippen LogP contribution in [0.5, 0.6) is 17.2 Å². The molecule has 3 aromatic rings. The molecule has 1 heterocycles. The summed E-state index contributed by atoms with van der Waals surface area (Å²) in [5, 5.41) is 31.5. The van der Waals surface area contributed by atoms with Crippen LogP contribution in [0.2, 0.25) is 0 Å². The first kappa shape index (κ1) is 22.9. The van der Waals surface area contributed by atoms with Crippen LogP contribution >= 0.6 is 0 Å². The summed E-state index contributed by atoms with van der Waals surface area (Å²) < 4.78 is 11.1. The van der Waals surface area contributed by atoms with E-state index in [1.165, 1.54) is 7.11 Å². The highest BCUT2D eigenvalue weighted by atomic mass is 16.5. The molecule has 0 aliphatic carbocycles. The van der Waals surface area contributed by atoms with Crippen LogP contribution in [0.3, 0.4) is 0 Å². The van der Waals surface area contributed by atoms with Gasteiger partial charge in [-0.3, -0.25) is 9.59 Å². The molecule has 7 heteroatoms. The summed E-state index contributed by atoms with van der Waals surface area (Å²) in [7, 11) is 1.36. The van der Waals surface area contributed by atoms with Crippen molar-refractivity contribution in [1.29, 1.82) is 0 Å². The smallest absolute Gasteiger partial charge is 0.224 e. The van der Waals surface area contributed by atoms with Crippen LogP contribution in [0.25, 0.3) is 28.2 Å². The highest BCUT2D eigenvalue weighted by molar-refractivity contribution is 6.01. The number of allylic oxidation sites excluding steroid dienone is 4. The van der Waals surface area contributed by atoms with Crippen molar-refractivity contribution in [2.45, 2.75) is 40.5 Å². The predicted molar refractivity (Wildman–Crippen MR) is 125 cm³/mol. The first-order valence-electron chi connectivity index (χ1n) is 10.1. The van der Waals surface area contributed by atoms with E-state index in [2.05, 4.69) is 0 Å². The maximum atomic E-state index is 13.3. The third-order valence-corrected chi connectivity index (χ3v) is 5.27. The van der Waals surface area contributed by atoms with E-state index >= 15 is 0 Å². The van der Waals surface area contributed by atoms with E-state index in [1.807, 2.05) is 33.8 Å². The van der Waals surface area contributed by atoms with E-state index in [0.29, 0.717) is 11.8 Å². The third-order valence-electron chi connectivity index (χ3n) is 5.27. The van der Waals surface area contributed by atoms with Gasteiger partial charge < -0.3 is 24.5 Å². The summed E-state index contributed by atoms with van der Waals surface area (Å²) in [6.45, 7) is 7.49. The standard InChI is InChI=1S/C25H26O7/c1-12(2)6-8-14-19-18(10-17(27)24(14)31-5)32-25-16(11-26)21(28)15(9-7-13(3)4)22(29)20(25)23(19)30/h6-7,10-11,26,28,30H,8-9H2,1-5H3. The van der Waals surface area contributed by atoms with Crippen LogP contribution in [0.15, 0.2) is 43.4 Å². The van der Waals surface area contributed by atoms with Crippen LogP contribution in [-0.4, -0.2) is 22.4 Å². The molecule has 0 saturated carbocycles. The zero-order chi connectivity index (χ0) is 23.7. The van der Waals surface area contributed by atoms with Gasteiger partial charge in [-0.2, -0.15) is 0 Å². The van der Waals surface area contributed by atoms with E-state index in [9.17, 15) is 24.9 Å². The number of aliphatic hydroxyl groups is 1. The number of phenols is 1. The fourth-order valence-corrected chi connectivity index (χ4v) is 3.67. The normalized spacial score (nSPS) is 11.7. The fraction of sp³-hybridized carbons (Fsp3) is 0.280. The molecule has 0 saturated heterocycles. The molecule has 1 aromatic heterocycles. The summed E-state index contributed by atoms with van der Waals surface area (Å²) in [4.78, 5) is 25.9. The molecule has 0 aliphatic heterocycles. The molecule has 2 aromatic carbocycles. The lowest BCUT2D eigenvalue weighted by Gasteiger charge is -2.14. The number of fused-ring (bicyclic) bond motifs is 2. The molecule has 0 bridgehead atoms. The topological polar surface area (TPSA) is 117 Å². The number of methoxy groups -OCH3 is 1. The minimum atomic E-state index is -0.623. The number of benzene rings is 2. The van der Waals surface area contributed by atoms with E-state index in [4.69, 9.17) is 9.15 Å². The molecule has 0 spiro atoms. The number of aromatic hydroxyl groups is 2. The number of ether oxygens (including phenoxy) is 1. The van der Waals surface area contributed by atoms with E-state index < -0.39 is 22.4 Å². The van der Waals surface area contributed by atoms with Crippen molar-refractivity contribution in [3.8, 4) is 17.2 Å². The molecule has 0 atom stereocenters. The number of hydrogen-bond donors (Lipinski definition) is 3. The monoisotopic (exact) mass is 438 g/mol. The van der Waals surface area contributed by atoms with Crippen molar-refractivity contribution in [2.24, 2.45) is 0 Å². The molecular formula is C25H26O7. The van der Waals surface area contributed by atoms with Gasteiger partial charge in [0.25, 0.3) is 0 Å². The van der Waals surface area contributed by atoms with Crippen molar-refractivity contribution in [1.82, 2.24) is 0 Å². The van der Waals surface area contributed by atoms with E-state index in [0.717, 1.165) is 17.2 Å². The number of hydrogen-bond acceptors (Lipinski definition) is 7. The summed E-state index contributed by atoms with van der Waals surface area (Å²) in [5.41, 5.74) is 1.04. The lowest BCUT2D eigenvalue weighted by atomic mass is 9.98. The molecule has 7 nitrogen and oxygen atoms in total. The van der Waals surface area contributed by atoms with Gasteiger partial charge in [0.1, 0.15) is 22.5 Å². The summed E-state index contributed by atoms with van der Waals surface area (Å²) in [6.07, 6.45) is 4.61. The molecule has 3 N–H and O–H groups in total. The third kappa shape index (κ3) is 3.82. The largest absolute Gasteiger partial charge is 0.515 e. The second-order valence-electron chi connectivity index (χ2n) is 8.08. The lowest BCUT2D eigenvalue weighted by Crippen LogP contribution is -2.18. The molecule has 32 heavy (non-hydrogen) atoms. The van der Waals surface area contributed by atoms with Gasteiger partial charge in [0.2, 0.25) is 10.9 Å². The predicted octanol–water partition coefficient (Wildman–Crippen LogP) is 3.76. The van der Waals surface area contributed by atoms with Crippen molar-refractivity contribution < 1.29 is 24.5 Å². The van der Waals surface area contributed by atoms with Crippen LogP contribution in [0.1, 0.15) is 38.8 Å². The lowest BCUT2D eigenvalue weighted by molar-refractivity contribution is 0.406. The molecule has 168 valence electrons. The summed E-state index contributed by atoms with van der Waals surface area (Å²) in [5.74, 6) is -0.793. The van der Waals surface area contributed by atoms with Gasteiger partial charge >= 0.3 is 0 Å². The minimum Gasteiger partial charge on any atom is -0.515 e. The zero-order valence-corrected chi connectivity index (χ0v) is 18.7. The van der Waals surface area contributed by atoms with Gasteiger partial charge in [-0.25, -0.2) is 0 Å². The molecular weight excluding hydrogens is 412 g/mol. The van der Waals surface area contributed by atoms with Crippen LogP contribution in [0, 0.1) is 0 Å². The van der Waals surface area contributed by atoms with Crippen molar-refractivity contribution >= 4 is 28.2 Å². The second-order valence-corrected chi connectivity index (χ2v) is 8.08. The average Bonchev–Trinajstić information content (AvgIpc) is 2.71. The molecule has 0 radical (unpaired) electrons. The van der Waals surface area contributed by atoms with Gasteiger partial charge in [0.15, 0.2) is 11.3 Å². The molecule has 0 unspecified atom stereocenters. The molecule has 0 amide bonds. The maximum absolute atomic E-state index is 13.3. The minimum absolute atomic E-state index is 0.0110. The zero-order valence-electron chi connectivity index (χ0n) is 18.7. The van der Waals surface area contributed by atoms with Gasteiger partial charge in [-0.05, 0) is 40.5 Å². The summed E-state index contributed by atoms with van der Waals surface area (Å²) in [6, 6.07) is 1.15. The fourth-order valence-electron chi connectivity index (χ4n) is 3.67. The highest BCUT2D eigenvalue weighted by Crippen LogP contribution is 2.37. The van der Waals surface area contributed by atoms with Crippen molar-refractivity contribution in [3.63, 3.8) is 0 Å². The van der Waals surface area contributed by atoms with Crippen LogP contribution in [-0.2, 0) is 12.8 Å². The Bertz CT molecular complexity index is 1450. The Hall–Kier alpha value is -3.74. The Morgan fingerprint density at radius 2 is 1.56 bits per heavy atom. The second kappa shape index (κ2) is 8.78. The Labute approximate surface area is 184 Å². The van der Waals surface area contributed by atoms with Crippen molar-refractivity contribution in [3.05, 3.63) is 66.2 Å². The summed E-state index contributed by atoms with van der Waals surface area (Å²) >= 11 is 0. The van der Waals surface area contributed by atoms with E-state index in [1.54, 1.807) is 6.08 Å². The number of phenolic OH excluding ortho intramolecular Hbond substituents is 1. The van der Waals surface area contributed by atoms with Crippen LogP contribution in [0.4, 0.5) is 0 Å². The van der Waals surface area contributed by atoms with Gasteiger partial charge in [0.05, 0.1) is 24.0 Å². The molecule has 0 fully saturated rings. The number of aliphatic hydroxyl groups excluding tert-OH is 1. The van der Waals surface area contributed by atoms with E-state index in [-0.39, 0.29) is 51.3 Å². The SMILES string of the molecule is COc1c(CC=C(C)C)c2c(O)c3c(=O)c(CC=C(C)C)c(O)c(=CO)c3oc2cc1=O. The molecule has 0 aliphatic rings. The first-order valence-corrected chi connectivity index (χ1v) is 10.1. The van der Waals surface area contributed by atoms with Gasteiger partial charge in [-0.1, -0.05) is 23.3 Å². The Morgan fingerprint density at radius 3 is 2.09 bits per heavy atom. The van der Waals surface area contributed by atoms with Gasteiger partial charge in [-0.15, -0.1) is 0 Å².